The third-order valence-corrected chi connectivity index (χ3v) is 6.43. The van der Waals surface area contributed by atoms with E-state index in [0.29, 0.717) is 18.8 Å². The van der Waals surface area contributed by atoms with Crippen molar-refractivity contribution in [1.29, 1.82) is 0 Å². The highest BCUT2D eigenvalue weighted by molar-refractivity contribution is 7.89. The standard InChI is InChI=1S/C13H19NO3S/c1-4-7-14-18(16,17)9-13-6-5-10(8-11(13)15)12(13,2)3/h1,10,14H,5-9H2,2-3H3/t10-,13-/m0/s1. The summed E-state index contributed by atoms with van der Waals surface area (Å²) in [6.07, 6.45) is 7.21. The van der Waals surface area contributed by atoms with Crippen LogP contribution in [0.2, 0.25) is 0 Å². The molecule has 4 nitrogen and oxygen atoms in total. The Labute approximate surface area is 109 Å². The van der Waals surface area contributed by atoms with Crippen molar-refractivity contribution < 1.29 is 13.2 Å². The van der Waals surface area contributed by atoms with E-state index in [9.17, 15) is 13.2 Å². The van der Waals surface area contributed by atoms with Crippen molar-refractivity contribution in [2.75, 3.05) is 12.3 Å². The normalized spacial score (nSPS) is 33.6. The number of carbonyl (C=O) groups is 1. The molecule has 5 heteroatoms. The van der Waals surface area contributed by atoms with Crippen LogP contribution in [0.1, 0.15) is 33.1 Å². The molecule has 2 fully saturated rings. The molecular weight excluding hydrogens is 250 g/mol. The summed E-state index contributed by atoms with van der Waals surface area (Å²) in [7, 11) is -3.49. The molecule has 0 aliphatic heterocycles. The van der Waals surface area contributed by atoms with Gasteiger partial charge in [0.1, 0.15) is 5.78 Å². The van der Waals surface area contributed by atoms with Crippen LogP contribution < -0.4 is 4.72 Å². The molecule has 0 spiro atoms. The van der Waals surface area contributed by atoms with Crippen molar-refractivity contribution in [2.24, 2.45) is 16.7 Å². The van der Waals surface area contributed by atoms with Crippen LogP contribution in [-0.4, -0.2) is 26.5 Å². The minimum absolute atomic E-state index is 0.0174. The molecule has 2 aliphatic rings. The fourth-order valence-corrected chi connectivity index (χ4v) is 5.37. The van der Waals surface area contributed by atoms with E-state index in [4.69, 9.17) is 6.42 Å². The molecule has 0 radical (unpaired) electrons. The van der Waals surface area contributed by atoms with Gasteiger partial charge in [-0.3, -0.25) is 4.79 Å². The number of fused-ring (bicyclic) bond motifs is 2. The Bertz CT molecular complexity index is 515. The summed E-state index contributed by atoms with van der Waals surface area (Å²) < 4.78 is 26.4. The van der Waals surface area contributed by atoms with Gasteiger partial charge in [-0.2, -0.15) is 0 Å². The Morgan fingerprint density at radius 1 is 1.50 bits per heavy atom. The van der Waals surface area contributed by atoms with Crippen LogP contribution in [0.15, 0.2) is 0 Å². The van der Waals surface area contributed by atoms with Crippen LogP contribution in [0.3, 0.4) is 0 Å². The summed E-state index contributed by atoms with van der Waals surface area (Å²) in [4.78, 5) is 12.2. The quantitative estimate of drug-likeness (QED) is 0.772. The highest BCUT2D eigenvalue weighted by Gasteiger charge is 2.65. The first-order valence-corrected chi connectivity index (χ1v) is 7.84. The van der Waals surface area contributed by atoms with Crippen molar-refractivity contribution in [3.05, 3.63) is 0 Å². The number of hydrogen-bond acceptors (Lipinski definition) is 3. The smallest absolute Gasteiger partial charge is 0.213 e. The Hall–Kier alpha value is -0.860. The summed E-state index contributed by atoms with van der Waals surface area (Å²) in [5, 5.41) is 0. The molecule has 0 amide bonds. The van der Waals surface area contributed by atoms with Crippen LogP contribution in [0.5, 0.6) is 0 Å². The van der Waals surface area contributed by atoms with E-state index in [1.807, 2.05) is 13.8 Å². The van der Waals surface area contributed by atoms with Gasteiger partial charge < -0.3 is 0 Å². The molecule has 2 saturated carbocycles. The molecule has 2 rings (SSSR count). The number of Topliss-reactive ketones (excluding diaryl/α,β-unsaturated/α-hetero) is 1. The topological polar surface area (TPSA) is 63.2 Å². The molecular formula is C13H19NO3S. The maximum Gasteiger partial charge on any atom is 0.213 e. The maximum absolute atomic E-state index is 12.2. The lowest BCUT2D eigenvalue weighted by Gasteiger charge is -2.36. The van der Waals surface area contributed by atoms with Gasteiger partial charge in [0.25, 0.3) is 0 Å². The first kappa shape index (κ1) is 13.6. The maximum atomic E-state index is 12.2. The largest absolute Gasteiger partial charge is 0.299 e. The summed E-state index contributed by atoms with van der Waals surface area (Å²) in [6.45, 7) is 4.02. The van der Waals surface area contributed by atoms with Gasteiger partial charge in [-0.25, -0.2) is 13.1 Å². The monoisotopic (exact) mass is 269 g/mol. The first-order chi connectivity index (χ1) is 8.25. The van der Waals surface area contributed by atoms with Crippen LogP contribution in [-0.2, 0) is 14.8 Å². The molecule has 18 heavy (non-hydrogen) atoms. The molecule has 0 heterocycles. The number of nitrogens with one attached hydrogen (secondary N) is 1. The lowest BCUT2D eigenvalue weighted by atomic mass is 9.70. The fraction of sp³-hybridized carbons (Fsp3) is 0.769. The third-order valence-electron chi connectivity index (χ3n) is 4.97. The number of carbonyl (C=O) groups excluding carboxylic acids is 1. The van der Waals surface area contributed by atoms with E-state index < -0.39 is 15.4 Å². The van der Waals surface area contributed by atoms with Crippen LogP contribution in [0.4, 0.5) is 0 Å². The number of hydrogen-bond donors (Lipinski definition) is 1. The summed E-state index contributed by atoms with van der Waals surface area (Å²) in [5.74, 6) is 2.56. The Kier molecular flexibility index (Phi) is 3.07. The van der Waals surface area contributed by atoms with E-state index in [0.717, 1.165) is 6.42 Å². The number of rotatable bonds is 4. The molecule has 2 atom stereocenters. The van der Waals surface area contributed by atoms with Gasteiger partial charge in [0.15, 0.2) is 0 Å². The Morgan fingerprint density at radius 3 is 2.61 bits per heavy atom. The molecule has 0 aromatic rings. The van der Waals surface area contributed by atoms with Gasteiger partial charge in [-0.05, 0) is 24.2 Å². The minimum Gasteiger partial charge on any atom is -0.299 e. The van der Waals surface area contributed by atoms with Crippen molar-refractivity contribution in [3.8, 4) is 12.3 Å². The molecule has 0 unspecified atom stereocenters. The highest BCUT2D eigenvalue weighted by atomic mass is 32.2. The molecule has 0 aromatic heterocycles. The van der Waals surface area contributed by atoms with Gasteiger partial charge in [-0.15, -0.1) is 6.42 Å². The second kappa shape index (κ2) is 4.07. The zero-order valence-electron chi connectivity index (χ0n) is 10.8. The molecule has 1 N–H and O–H groups in total. The van der Waals surface area contributed by atoms with E-state index >= 15 is 0 Å². The molecule has 100 valence electrons. The predicted molar refractivity (Wildman–Crippen MR) is 69.2 cm³/mol. The van der Waals surface area contributed by atoms with E-state index in [-0.39, 0.29) is 23.5 Å². The second-order valence-electron chi connectivity index (χ2n) is 5.95. The average Bonchev–Trinajstić information content (AvgIpc) is 2.59. The third kappa shape index (κ3) is 1.79. The van der Waals surface area contributed by atoms with Crippen molar-refractivity contribution >= 4 is 15.8 Å². The van der Waals surface area contributed by atoms with Crippen LogP contribution >= 0.6 is 0 Å². The van der Waals surface area contributed by atoms with Crippen LogP contribution in [0, 0.1) is 29.1 Å². The molecule has 0 saturated heterocycles. The zero-order valence-corrected chi connectivity index (χ0v) is 11.6. The summed E-state index contributed by atoms with van der Waals surface area (Å²) in [5.41, 5.74) is -0.937. The lowest BCUT2D eigenvalue weighted by molar-refractivity contribution is -0.128. The van der Waals surface area contributed by atoms with Crippen LogP contribution in [0.25, 0.3) is 0 Å². The minimum atomic E-state index is -3.49. The van der Waals surface area contributed by atoms with E-state index in [1.165, 1.54) is 0 Å². The van der Waals surface area contributed by atoms with Gasteiger partial charge in [0.2, 0.25) is 10.0 Å². The van der Waals surface area contributed by atoms with Crippen molar-refractivity contribution in [1.82, 2.24) is 4.72 Å². The van der Waals surface area contributed by atoms with Gasteiger partial charge in [0.05, 0.1) is 12.3 Å². The fourth-order valence-electron chi connectivity index (χ4n) is 3.64. The van der Waals surface area contributed by atoms with Gasteiger partial charge >= 0.3 is 0 Å². The molecule has 0 aromatic carbocycles. The number of sulfonamides is 1. The van der Waals surface area contributed by atoms with E-state index in [1.54, 1.807) is 0 Å². The summed E-state index contributed by atoms with van der Waals surface area (Å²) in [6, 6.07) is 0. The average molecular weight is 269 g/mol. The van der Waals surface area contributed by atoms with Crippen molar-refractivity contribution in [2.45, 2.75) is 33.1 Å². The Balaban J connectivity index is 2.27. The molecule has 2 aliphatic carbocycles. The zero-order chi connectivity index (χ0) is 13.6. The summed E-state index contributed by atoms with van der Waals surface area (Å²) >= 11 is 0. The first-order valence-electron chi connectivity index (χ1n) is 6.19. The predicted octanol–water partition coefficient (Wildman–Crippen LogP) is 0.934. The number of terminal acetylenes is 1. The van der Waals surface area contributed by atoms with Gasteiger partial charge in [-0.1, -0.05) is 19.8 Å². The molecule has 2 bridgehead atoms. The van der Waals surface area contributed by atoms with Gasteiger partial charge in [0, 0.05) is 11.8 Å². The highest BCUT2D eigenvalue weighted by Crippen LogP contribution is 2.64. The lowest BCUT2D eigenvalue weighted by Crippen LogP contribution is -2.45. The Morgan fingerprint density at radius 2 is 2.17 bits per heavy atom. The van der Waals surface area contributed by atoms with E-state index in [2.05, 4.69) is 10.6 Å². The second-order valence-corrected chi connectivity index (χ2v) is 7.76. The number of ketones is 1. The SMILES string of the molecule is C#CCNS(=O)(=O)C[C@@]12CC[C@@H](CC1=O)C2(C)C. The van der Waals surface area contributed by atoms with Crippen molar-refractivity contribution in [3.63, 3.8) is 0 Å².